The summed E-state index contributed by atoms with van der Waals surface area (Å²) in [5.41, 5.74) is 5.59. The van der Waals surface area contributed by atoms with Crippen molar-refractivity contribution >= 4 is 11.6 Å². The largest absolute Gasteiger partial charge is 0.388 e. The van der Waals surface area contributed by atoms with Gasteiger partial charge in [0.1, 0.15) is 5.82 Å². The molecule has 0 heterocycles. The minimum atomic E-state index is -0.857. The number of aliphatic hydroxyl groups is 1. The second kappa shape index (κ2) is 4.32. The van der Waals surface area contributed by atoms with E-state index in [4.69, 9.17) is 17.3 Å². The fourth-order valence-corrected chi connectivity index (χ4v) is 2.45. The van der Waals surface area contributed by atoms with Crippen LogP contribution in [0.2, 0.25) is 5.02 Å². The zero-order valence-electron chi connectivity index (χ0n) is 8.92. The van der Waals surface area contributed by atoms with Crippen LogP contribution < -0.4 is 5.73 Å². The fourth-order valence-electron chi connectivity index (χ4n) is 2.27. The maximum Gasteiger partial charge on any atom is 0.129 e. The number of aliphatic hydroxyl groups excluding tert-OH is 1. The lowest BCUT2D eigenvalue weighted by Gasteiger charge is -2.44. The van der Waals surface area contributed by atoms with Crippen LogP contribution in [0.15, 0.2) is 18.2 Å². The third kappa shape index (κ3) is 1.83. The van der Waals surface area contributed by atoms with E-state index in [2.05, 4.69) is 0 Å². The van der Waals surface area contributed by atoms with Crippen molar-refractivity contribution in [3.05, 3.63) is 34.6 Å². The molecule has 1 saturated carbocycles. The molecule has 0 amide bonds. The Labute approximate surface area is 99.2 Å². The van der Waals surface area contributed by atoms with E-state index in [-0.39, 0.29) is 11.0 Å². The van der Waals surface area contributed by atoms with E-state index in [1.54, 1.807) is 0 Å². The first kappa shape index (κ1) is 11.8. The molecule has 1 unspecified atom stereocenters. The van der Waals surface area contributed by atoms with Crippen LogP contribution in [-0.2, 0) is 0 Å². The Kier molecular flexibility index (Phi) is 3.19. The van der Waals surface area contributed by atoms with E-state index in [1.165, 1.54) is 18.2 Å². The van der Waals surface area contributed by atoms with Crippen LogP contribution in [0.4, 0.5) is 4.39 Å². The molecular formula is C12H15ClFNO. The summed E-state index contributed by atoms with van der Waals surface area (Å²) in [5, 5.41) is 10.6. The maximum absolute atomic E-state index is 13.6. The van der Waals surface area contributed by atoms with Crippen LogP contribution in [0.1, 0.15) is 30.9 Å². The highest BCUT2D eigenvalue weighted by atomic mass is 35.5. The summed E-state index contributed by atoms with van der Waals surface area (Å²) in [5.74, 6) is -0.420. The van der Waals surface area contributed by atoms with E-state index in [1.807, 2.05) is 0 Å². The van der Waals surface area contributed by atoms with Gasteiger partial charge in [0.15, 0.2) is 0 Å². The first-order valence-corrected chi connectivity index (χ1v) is 5.80. The molecule has 1 aliphatic rings. The highest BCUT2D eigenvalue weighted by molar-refractivity contribution is 6.30. The molecule has 1 atom stereocenters. The lowest BCUT2D eigenvalue weighted by atomic mass is 9.63. The van der Waals surface area contributed by atoms with E-state index < -0.39 is 11.9 Å². The number of benzene rings is 1. The Balaban J connectivity index is 2.32. The van der Waals surface area contributed by atoms with Gasteiger partial charge in [-0.15, -0.1) is 0 Å². The Morgan fingerprint density at radius 2 is 2.19 bits per heavy atom. The van der Waals surface area contributed by atoms with Crippen LogP contribution in [0.3, 0.4) is 0 Å². The SMILES string of the molecule is NCC1(C(O)c2cc(Cl)ccc2F)CCC1. The average molecular weight is 244 g/mol. The molecule has 1 aromatic carbocycles. The first-order chi connectivity index (χ1) is 7.59. The van der Waals surface area contributed by atoms with Gasteiger partial charge in [-0.1, -0.05) is 18.0 Å². The van der Waals surface area contributed by atoms with Gasteiger partial charge in [0.2, 0.25) is 0 Å². The molecule has 2 nitrogen and oxygen atoms in total. The van der Waals surface area contributed by atoms with Gasteiger partial charge in [0.05, 0.1) is 6.10 Å². The van der Waals surface area contributed by atoms with Gasteiger partial charge in [-0.2, -0.15) is 0 Å². The molecule has 88 valence electrons. The van der Waals surface area contributed by atoms with E-state index >= 15 is 0 Å². The minimum absolute atomic E-state index is 0.262. The topological polar surface area (TPSA) is 46.2 Å². The van der Waals surface area contributed by atoms with Crippen molar-refractivity contribution in [3.63, 3.8) is 0 Å². The summed E-state index contributed by atoms with van der Waals surface area (Å²) in [6.45, 7) is 0.375. The second-order valence-corrected chi connectivity index (χ2v) is 4.92. The fraction of sp³-hybridized carbons (Fsp3) is 0.500. The molecule has 16 heavy (non-hydrogen) atoms. The Bertz CT molecular complexity index is 387. The number of rotatable bonds is 3. The summed E-state index contributed by atoms with van der Waals surface area (Å²) in [7, 11) is 0. The summed E-state index contributed by atoms with van der Waals surface area (Å²) in [6, 6.07) is 4.24. The van der Waals surface area contributed by atoms with Crippen molar-refractivity contribution in [3.8, 4) is 0 Å². The van der Waals surface area contributed by atoms with E-state index in [0.717, 1.165) is 19.3 Å². The van der Waals surface area contributed by atoms with Gasteiger partial charge < -0.3 is 10.8 Å². The molecule has 3 N–H and O–H groups in total. The van der Waals surface area contributed by atoms with E-state index in [0.29, 0.717) is 11.6 Å². The molecular weight excluding hydrogens is 229 g/mol. The predicted octanol–water partition coefficient (Wildman–Crippen LogP) is 2.64. The molecule has 2 rings (SSSR count). The highest BCUT2D eigenvalue weighted by Gasteiger charge is 2.43. The molecule has 1 aliphatic carbocycles. The number of hydrogen-bond donors (Lipinski definition) is 2. The number of nitrogens with two attached hydrogens (primary N) is 1. The molecule has 0 aromatic heterocycles. The zero-order valence-corrected chi connectivity index (χ0v) is 9.67. The lowest BCUT2D eigenvalue weighted by Crippen LogP contribution is -2.42. The van der Waals surface area contributed by atoms with Gasteiger partial charge in [-0.25, -0.2) is 4.39 Å². The summed E-state index contributed by atoms with van der Waals surface area (Å²) in [6.07, 6.45) is 1.87. The Morgan fingerprint density at radius 3 is 2.69 bits per heavy atom. The normalized spacial score (nSPS) is 20.2. The van der Waals surface area contributed by atoms with Crippen LogP contribution >= 0.6 is 11.6 Å². The molecule has 0 spiro atoms. The van der Waals surface area contributed by atoms with Crippen LogP contribution in [0.25, 0.3) is 0 Å². The van der Waals surface area contributed by atoms with Gasteiger partial charge in [0.25, 0.3) is 0 Å². The van der Waals surface area contributed by atoms with Gasteiger partial charge >= 0.3 is 0 Å². The second-order valence-electron chi connectivity index (χ2n) is 4.49. The lowest BCUT2D eigenvalue weighted by molar-refractivity contribution is -0.0316. The summed E-state index contributed by atoms with van der Waals surface area (Å²) >= 11 is 5.81. The molecule has 1 aromatic rings. The van der Waals surface area contributed by atoms with Gasteiger partial charge in [0, 0.05) is 22.5 Å². The number of hydrogen-bond acceptors (Lipinski definition) is 2. The number of halogens is 2. The quantitative estimate of drug-likeness (QED) is 0.857. The van der Waals surface area contributed by atoms with Crippen molar-refractivity contribution < 1.29 is 9.50 Å². The molecule has 0 aliphatic heterocycles. The first-order valence-electron chi connectivity index (χ1n) is 5.42. The molecule has 0 bridgehead atoms. The van der Waals surface area contributed by atoms with Crippen molar-refractivity contribution in [2.75, 3.05) is 6.54 Å². The maximum atomic E-state index is 13.6. The zero-order chi connectivity index (χ0) is 11.8. The highest BCUT2D eigenvalue weighted by Crippen LogP contribution is 2.50. The van der Waals surface area contributed by atoms with Crippen molar-refractivity contribution in [2.45, 2.75) is 25.4 Å². The van der Waals surface area contributed by atoms with Crippen molar-refractivity contribution in [2.24, 2.45) is 11.1 Å². The van der Waals surface area contributed by atoms with Gasteiger partial charge in [-0.05, 0) is 31.0 Å². The third-order valence-electron chi connectivity index (χ3n) is 3.59. The van der Waals surface area contributed by atoms with Crippen LogP contribution in [0.5, 0.6) is 0 Å². The predicted molar refractivity (Wildman–Crippen MR) is 61.7 cm³/mol. The smallest absolute Gasteiger partial charge is 0.129 e. The van der Waals surface area contributed by atoms with Crippen LogP contribution in [-0.4, -0.2) is 11.7 Å². The summed E-state index contributed by atoms with van der Waals surface area (Å²) in [4.78, 5) is 0. The van der Waals surface area contributed by atoms with Crippen molar-refractivity contribution in [1.82, 2.24) is 0 Å². The molecule has 1 fully saturated rings. The van der Waals surface area contributed by atoms with E-state index in [9.17, 15) is 9.50 Å². The van der Waals surface area contributed by atoms with Crippen molar-refractivity contribution in [1.29, 1.82) is 0 Å². The summed E-state index contributed by atoms with van der Waals surface area (Å²) < 4.78 is 13.6. The third-order valence-corrected chi connectivity index (χ3v) is 3.82. The van der Waals surface area contributed by atoms with Gasteiger partial charge in [-0.3, -0.25) is 0 Å². The Morgan fingerprint density at radius 1 is 1.50 bits per heavy atom. The molecule has 0 radical (unpaired) electrons. The monoisotopic (exact) mass is 243 g/mol. The minimum Gasteiger partial charge on any atom is -0.388 e. The molecule has 0 saturated heterocycles. The average Bonchev–Trinajstić information content (AvgIpc) is 2.21. The molecule has 4 heteroatoms. The Hall–Kier alpha value is -0.640. The van der Waals surface area contributed by atoms with Crippen LogP contribution in [0, 0.1) is 11.2 Å². The standard InChI is InChI=1S/C12H15ClFNO/c13-8-2-3-10(14)9(6-8)11(16)12(7-15)4-1-5-12/h2-3,6,11,16H,1,4-5,7,15H2.